The molecule has 0 fully saturated rings. The van der Waals surface area contributed by atoms with Crippen LogP contribution in [0.5, 0.6) is 0 Å². The Balaban J connectivity index is 1.77. The molecule has 0 saturated heterocycles. The van der Waals surface area contributed by atoms with E-state index in [9.17, 15) is 4.79 Å². The molecule has 8 heteroatoms. The fraction of sp³-hybridized carbons (Fsp3) is 0.318. The zero-order valence-electron chi connectivity index (χ0n) is 17.5. The summed E-state index contributed by atoms with van der Waals surface area (Å²) in [6.45, 7) is 4.05. The van der Waals surface area contributed by atoms with Crippen LogP contribution >= 0.6 is 23.4 Å². The van der Waals surface area contributed by atoms with E-state index >= 15 is 0 Å². The number of benzene rings is 2. The molecule has 3 aromatic rings. The van der Waals surface area contributed by atoms with Crippen LogP contribution in [0.1, 0.15) is 37.3 Å². The molecule has 0 aliphatic rings. The first-order chi connectivity index (χ1) is 14.4. The Morgan fingerprint density at radius 1 is 1.10 bits per heavy atom. The molecule has 30 heavy (non-hydrogen) atoms. The highest BCUT2D eigenvalue weighted by molar-refractivity contribution is 7.99. The average Bonchev–Trinajstić information content (AvgIpc) is 3.16. The van der Waals surface area contributed by atoms with Gasteiger partial charge in [0.2, 0.25) is 5.91 Å². The molecule has 0 spiro atoms. The second-order valence-corrected chi connectivity index (χ2v) is 8.66. The van der Waals surface area contributed by atoms with Gasteiger partial charge in [0.25, 0.3) is 0 Å². The summed E-state index contributed by atoms with van der Waals surface area (Å²) in [5.74, 6) is 1.01. The molecule has 1 heterocycles. The van der Waals surface area contributed by atoms with Crippen molar-refractivity contribution in [3.05, 3.63) is 71.0 Å². The molecule has 2 unspecified atom stereocenters. The number of rotatable bonds is 8. The van der Waals surface area contributed by atoms with Gasteiger partial charge in [-0.2, -0.15) is 0 Å². The second kappa shape index (κ2) is 10.1. The van der Waals surface area contributed by atoms with Gasteiger partial charge in [0, 0.05) is 10.7 Å². The van der Waals surface area contributed by atoms with Crippen molar-refractivity contribution >= 4 is 29.3 Å². The van der Waals surface area contributed by atoms with Crippen LogP contribution in [-0.4, -0.2) is 45.4 Å². The molecule has 0 bridgehead atoms. The Morgan fingerprint density at radius 3 is 2.40 bits per heavy atom. The monoisotopic (exact) mass is 443 g/mol. The Hall–Kier alpha value is -2.35. The number of nitrogens with one attached hydrogen (secondary N) is 1. The van der Waals surface area contributed by atoms with Crippen molar-refractivity contribution in [2.75, 3.05) is 19.8 Å². The van der Waals surface area contributed by atoms with E-state index < -0.39 is 0 Å². The summed E-state index contributed by atoms with van der Waals surface area (Å²) >= 11 is 7.43. The Labute approximate surface area is 186 Å². The lowest BCUT2D eigenvalue weighted by atomic mass is 10.1. The number of carbonyl (C=O) groups excluding carboxylic acids is 1. The predicted octanol–water partition coefficient (Wildman–Crippen LogP) is 4.51. The molecule has 2 aromatic carbocycles. The summed E-state index contributed by atoms with van der Waals surface area (Å²) in [5.41, 5.74) is 1.98. The van der Waals surface area contributed by atoms with Gasteiger partial charge in [0.1, 0.15) is 0 Å². The number of thioether (sulfide) groups is 1. The minimum Gasteiger partial charge on any atom is -0.349 e. The van der Waals surface area contributed by atoms with Gasteiger partial charge in [0.05, 0.1) is 17.8 Å². The van der Waals surface area contributed by atoms with E-state index in [2.05, 4.69) is 27.3 Å². The van der Waals surface area contributed by atoms with Crippen molar-refractivity contribution < 1.29 is 4.79 Å². The van der Waals surface area contributed by atoms with Gasteiger partial charge < -0.3 is 5.32 Å². The molecular weight excluding hydrogens is 418 g/mol. The lowest BCUT2D eigenvalue weighted by Gasteiger charge is -2.20. The first kappa shape index (κ1) is 22.3. The number of hydrogen-bond acceptors (Lipinski definition) is 5. The largest absolute Gasteiger partial charge is 0.349 e. The lowest BCUT2D eigenvalue weighted by molar-refractivity contribution is -0.119. The first-order valence-electron chi connectivity index (χ1n) is 9.71. The van der Waals surface area contributed by atoms with Crippen molar-refractivity contribution in [1.82, 2.24) is 25.0 Å². The third-order valence-electron chi connectivity index (χ3n) is 4.90. The maximum absolute atomic E-state index is 12.5. The molecule has 1 aromatic heterocycles. The quantitative estimate of drug-likeness (QED) is 0.519. The van der Waals surface area contributed by atoms with Crippen LogP contribution in [0.25, 0.3) is 5.69 Å². The molecule has 1 amide bonds. The van der Waals surface area contributed by atoms with Crippen molar-refractivity contribution in [3.8, 4) is 5.69 Å². The number of halogens is 1. The smallest absolute Gasteiger partial charge is 0.230 e. The summed E-state index contributed by atoms with van der Waals surface area (Å²) < 4.78 is 1.99. The van der Waals surface area contributed by atoms with Crippen molar-refractivity contribution in [2.45, 2.75) is 31.1 Å². The van der Waals surface area contributed by atoms with Gasteiger partial charge in [-0.05, 0) is 57.8 Å². The number of aromatic nitrogens is 3. The Morgan fingerprint density at radius 2 is 1.77 bits per heavy atom. The van der Waals surface area contributed by atoms with Crippen LogP contribution in [-0.2, 0) is 4.79 Å². The standard InChI is InChI=1S/C22H26ClN5OS/c1-15(17-8-6-5-7-9-17)24-20(29)14-30-22-26-25-21(16(2)27(3)4)28(22)19-12-10-18(23)11-13-19/h5-13,15-16H,14H2,1-4H3,(H,24,29). The number of carbonyl (C=O) groups is 1. The van der Waals surface area contributed by atoms with Gasteiger partial charge in [-0.1, -0.05) is 53.7 Å². The molecule has 0 radical (unpaired) electrons. The van der Waals surface area contributed by atoms with E-state index in [-0.39, 0.29) is 23.7 Å². The van der Waals surface area contributed by atoms with Gasteiger partial charge >= 0.3 is 0 Å². The Bertz CT molecular complexity index is 975. The zero-order valence-corrected chi connectivity index (χ0v) is 19.1. The fourth-order valence-electron chi connectivity index (χ4n) is 2.95. The normalized spacial score (nSPS) is 13.3. The summed E-state index contributed by atoms with van der Waals surface area (Å²) in [6.07, 6.45) is 0. The third-order valence-corrected chi connectivity index (χ3v) is 6.08. The average molecular weight is 444 g/mol. The zero-order chi connectivity index (χ0) is 21.7. The lowest BCUT2D eigenvalue weighted by Crippen LogP contribution is -2.28. The Kier molecular flexibility index (Phi) is 7.53. The van der Waals surface area contributed by atoms with E-state index in [1.165, 1.54) is 11.8 Å². The summed E-state index contributed by atoms with van der Waals surface area (Å²) in [6, 6.07) is 17.4. The maximum Gasteiger partial charge on any atom is 0.230 e. The van der Waals surface area contributed by atoms with Crippen LogP contribution < -0.4 is 5.32 Å². The SMILES string of the molecule is CC(NC(=O)CSc1nnc(C(C)N(C)C)n1-c1ccc(Cl)cc1)c1ccccc1. The fourth-order valence-corrected chi connectivity index (χ4v) is 3.84. The van der Waals surface area contributed by atoms with E-state index in [1.807, 2.05) is 80.2 Å². The minimum atomic E-state index is -0.0576. The van der Waals surface area contributed by atoms with Crippen LogP contribution in [0.2, 0.25) is 5.02 Å². The van der Waals surface area contributed by atoms with E-state index in [1.54, 1.807) is 0 Å². The number of hydrogen-bond donors (Lipinski definition) is 1. The summed E-state index contributed by atoms with van der Waals surface area (Å²) in [5, 5.41) is 13.1. The number of nitrogens with zero attached hydrogens (tertiary/aromatic N) is 4. The van der Waals surface area contributed by atoms with Crippen LogP contribution in [0.4, 0.5) is 0 Å². The van der Waals surface area contributed by atoms with Crippen LogP contribution in [0, 0.1) is 0 Å². The van der Waals surface area contributed by atoms with Crippen molar-refractivity contribution in [3.63, 3.8) is 0 Å². The van der Waals surface area contributed by atoms with E-state index in [4.69, 9.17) is 11.6 Å². The van der Waals surface area contributed by atoms with Crippen molar-refractivity contribution in [1.29, 1.82) is 0 Å². The van der Waals surface area contributed by atoms with Crippen molar-refractivity contribution in [2.24, 2.45) is 0 Å². The second-order valence-electron chi connectivity index (χ2n) is 7.28. The van der Waals surface area contributed by atoms with Crippen LogP contribution in [0.15, 0.2) is 59.8 Å². The van der Waals surface area contributed by atoms with Gasteiger partial charge in [-0.25, -0.2) is 0 Å². The molecule has 6 nitrogen and oxygen atoms in total. The maximum atomic E-state index is 12.5. The highest BCUT2D eigenvalue weighted by Gasteiger charge is 2.21. The molecule has 0 saturated carbocycles. The molecular formula is C22H26ClN5OS. The third kappa shape index (κ3) is 5.41. The molecule has 0 aliphatic carbocycles. The van der Waals surface area contributed by atoms with E-state index in [0.717, 1.165) is 17.1 Å². The van der Waals surface area contributed by atoms with Gasteiger partial charge in [-0.15, -0.1) is 10.2 Å². The minimum absolute atomic E-state index is 0.0504. The highest BCUT2D eigenvalue weighted by Crippen LogP contribution is 2.27. The summed E-state index contributed by atoms with van der Waals surface area (Å²) in [4.78, 5) is 14.6. The topological polar surface area (TPSA) is 63.1 Å². The molecule has 3 rings (SSSR count). The predicted molar refractivity (Wildman–Crippen MR) is 122 cm³/mol. The molecule has 1 N–H and O–H groups in total. The molecule has 2 atom stereocenters. The van der Waals surface area contributed by atoms with Crippen LogP contribution in [0.3, 0.4) is 0 Å². The van der Waals surface area contributed by atoms with Gasteiger partial charge in [-0.3, -0.25) is 14.3 Å². The number of amides is 1. The molecule has 0 aliphatic heterocycles. The highest BCUT2D eigenvalue weighted by atomic mass is 35.5. The molecule has 158 valence electrons. The first-order valence-corrected chi connectivity index (χ1v) is 11.1. The summed E-state index contributed by atoms with van der Waals surface area (Å²) in [7, 11) is 3.99. The van der Waals surface area contributed by atoms with Gasteiger partial charge in [0.15, 0.2) is 11.0 Å². The van der Waals surface area contributed by atoms with E-state index in [0.29, 0.717) is 10.2 Å².